The molecule has 0 amide bonds. The molecule has 0 aromatic carbocycles. The number of pyridine rings is 1. The third-order valence-corrected chi connectivity index (χ3v) is 6.30. The number of piperidine rings is 1. The minimum atomic E-state index is -0.0447. The van der Waals surface area contributed by atoms with Crippen molar-refractivity contribution in [3.05, 3.63) is 29.1 Å². The Hall–Kier alpha value is -1.42. The van der Waals surface area contributed by atoms with Crippen molar-refractivity contribution in [3.63, 3.8) is 0 Å². The van der Waals surface area contributed by atoms with E-state index in [1.807, 2.05) is 0 Å². The van der Waals surface area contributed by atoms with Crippen molar-refractivity contribution in [3.8, 4) is 0 Å². The van der Waals surface area contributed by atoms with Crippen molar-refractivity contribution in [1.29, 1.82) is 0 Å². The van der Waals surface area contributed by atoms with Gasteiger partial charge >= 0.3 is 5.97 Å². The molecule has 138 valence electrons. The SMILES string of the molecule is COC(=O)CC1CCC2(CC1)CCN(Cc1cc(C)cc(C)n1)CC2. The largest absolute Gasteiger partial charge is 0.469 e. The Bertz CT molecular complexity index is 576. The van der Waals surface area contributed by atoms with Crippen LogP contribution in [-0.4, -0.2) is 36.1 Å². The lowest BCUT2D eigenvalue weighted by Crippen LogP contribution is -2.41. The van der Waals surface area contributed by atoms with Crippen LogP contribution in [0.4, 0.5) is 0 Å². The van der Waals surface area contributed by atoms with E-state index in [1.165, 1.54) is 70.0 Å². The van der Waals surface area contributed by atoms with Crippen molar-refractivity contribution in [2.45, 2.75) is 65.3 Å². The van der Waals surface area contributed by atoms with E-state index in [1.54, 1.807) is 0 Å². The fourth-order valence-electron chi connectivity index (χ4n) is 4.73. The predicted molar refractivity (Wildman–Crippen MR) is 99.2 cm³/mol. The van der Waals surface area contributed by atoms with E-state index in [2.05, 4.69) is 30.9 Å². The second-order valence-corrected chi connectivity index (χ2v) is 8.28. The smallest absolute Gasteiger partial charge is 0.305 e. The zero-order valence-electron chi connectivity index (χ0n) is 16.0. The minimum absolute atomic E-state index is 0.0447. The third-order valence-electron chi connectivity index (χ3n) is 6.30. The molecule has 3 rings (SSSR count). The topological polar surface area (TPSA) is 42.4 Å². The average Bonchev–Trinajstić information content (AvgIpc) is 2.58. The van der Waals surface area contributed by atoms with E-state index in [4.69, 9.17) is 9.72 Å². The van der Waals surface area contributed by atoms with Gasteiger partial charge in [-0.3, -0.25) is 14.7 Å². The molecule has 0 N–H and O–H groups in total. The normalized spacial score (nSPS) is 21.4. The van der Waals surface area contributed by atoms with Crippen LogP contribution in [0.3, 0.4) is 0 Å². The van der Waals surface area contributed by atoms with E-state index in [0.29, 0.717) is 17.8 Å². The number of aromatic nitrogens is 1. The summed E-state index contributed by atoms with van der Waals surface area (Å²) in [5, 5.41) is 0. The number of methoxy groups -OCH3 is 1. The maximum Gasteiger partial charge on any atom is 0.305 e. The summed E-state index contributed by atoms with van der Waals surface area (Å²) in [5.41, 5.74) is 4.15. The second kappa shape index (κ2) is 7.86. The van der Waals surface area contributed by atoms with Gasteiger partial charge in [0.25, 0.3) is 0 Å². The van der Waals surface area contributed by atoms with Gasteiger partial charge in [0.2, 0.25) is 0 Å². The minimum Gasteiger partial charge on any atom is -0.469 e. The van der Waals surface area contributed by atoms with Crippen LogP contribution in [-0.2, 0) is 16.1 Å². The summed E-state index contributed by atoms with van der Waals surface area (Å²) >= 11 is 0. The number of rotatable bonds is 4. The molecule has 2 fully saturated rings. The second-order valence-electron chi connectivity index (χ2n) is 8.28. The molecule has 1 spiro atoms. The summed E-state index contributed by atoms with van der Waals surface area (Å²) in [6.07, 6.45) is 8.14. The molecule has 1 saturated heterocycles. The van der Waals surface area contributed by atoms with Gasteiger partial charge in [-0.15, -0.1) is 0 Å². The summed E-state index contributed by atoms with van der Waals surface area (Å²) in [5.74, 6) is 0.493. The molecular weight excluding hydrogens is 312 g/mol. The van der Waals surface area contributed by atoms with Crippen LogP contribution in [0.25, 0.3) is 0 Å². The number of carbonyl (C=O) groups is 1. The number of hydrogen-bond donors (Lipinski definition) is 0. The Morgan fingerprint density at radius 3 is 2.48 bits per heavy atom. The molecule has 0 unspecified atom stereocenters. The number of hydrogen-bond acceptors (Lipinski definition) is 4. The fraction of sp³-hybridized carbons (Fsp3) is 0.714. The first-order valence-electron chi connectivity index (χ1n) is 9.71. The molecule has 4 heteroatoms. The van der Waals surface area contributed by atoms with E-state index in [9.17, 15) is 4.79 Å². The molecule has 1 aromatic rings. The highest BCUT2D eigenvalue weighted by atomic mass is 16.5. The molecule has 1 aliphatic heterocycles. The first-order chi connectivity index (χ1) is 12.0. The van der Waals surface area contributed by atoms with Crippen LogP contribution in [0.1, 0.15) is 61.9 Å². The lowest BCUT2D eigenvalue weighted by atomic mass is 9.65. The third kappa shape index (κ3) is 4.81. The molecule has 0 atom stereocenters. The summed E-state index contributed by atoms with van der Waals surface area (Å²) in [6.45, 7) is 7.56. The Kier molecular flexibility index (Phi) is 5.78. The number of ether oxygens (including phenoxy) is 1. The van der Waals surface area contributed by atoms with E-state index in [0.717, 1.165) is 12.2 Å². The average molecular weight is 344 g/mol. The number of nitrogens with zero attached hydrogens (tertiary/aromatic N) is 2. The van der Waals surface area contributed by atoms with Gasteiger partial charge in [-0.1, -0.05) is 0 Å². The first kappa shape index (κ1) is 18.4. The summed E-state index contributed by atoms with van der Waals surface area (Å²) < 4.78 is 4.83. The predicted octanol–water partition coefficient (Wildman–Crippen LogP) is 4.03. The van der Waals surface area contributed by atoms with Crippen LogP contribution < -0.4 is 0 Å². The van der Waals surface area contributed by atoms with Crippen LogP contribution in [0.5, 0.6) is 0 Å². The lowest BCUT2D eigenvalue weighted by molar-refractivity contribution is -0.142. The monoisotopic (exact) mass is 344 g/mol. The molecule has 1 saturated carbocycles. The van der Waals surface area contributed by atoms with E-state index >= 15 is 0 Å². The Morgan fingerprint density at radius 2 is 1.88 bits per heavy atom. The number of likely N-dealkylation sites (tertiary alicyclic amines) is 1. The van der Waals surface area contributed by atoms with Gasteiger partial charge in [0.15, 0.2) is 0 Å². The van der Waals surface area contributed by atoms with Crippen LogP contribution in [0.2, 0.25) is 0 Å². The maximum atomic E-state index is 11.5. The Morgan fingerprint density at radius 1 is 1.20 bits per heavy atom. The zero-order valence-corrected chi connectivity index (χ0v) is 16.0. The van der Waals surface area contributed by atoms with Crippen molar-refractivity contribution < 1.29 is 9.53 Å². The zero-order chi connectivity index (χ0) is 17.9. The maximum absolute atomic E-state index is 11.5. The van der Waals surface area contributed by atoms with E-state index in [-0.39, 0.29) is 5.97 Å². The number of carbonyl (C=O) groups excluding carboxylic acids is 1. The van der Waals surface area contributed by atoms with Crippen molar-refractivity contribution in [1.82, 2.24) is 9.88 Å². The van der Waals surface area contributed by atoms with Crippen molar-refractivity contribution in [2.75, 3.05) is 20.2 Å². The van der Waals surface area contributed by atoms with Gasteiger partial charge in [0.1, 0.15) is 0 Å². The molecule has 2 aliphatic rings. The van der Waals surface area contributed by atoms with Gasteiger partial charge in [-0.25, -0.2) is 0 Å². The molecular formula is C21H32N2O2. The highest BCUT2D eigenvalue weighted by Crippen LogP contribution is 2.47. The quantitative estimate of drug-likeness (QED) is 0.773. The fourth-order valence-corrected chi connectivity index (χ4v) is 4.73. The molecule has 1 aliphatic carbocycles. The van der Waals surface area contributed by atoms with Gasteiger partial charge in [-0.05, 0) is 94.5 Å². The molecule has 25 heavy (non-hydrogen) atoms. The van der Waals surface area contributed by atoms with Crippen LogP contribution >= 0.6 is 0 Å². The standard InChI is InChI=1S/C21H32N2O2/c1-16-12-17(2)22-19(13-16)15-23-10-8-21(9-11-23)6-4-18(5-7-21)14-20(24)25-3/h12-13,18H,4-11,14-15H2,1-3H3. The van der Waals surface area contributed by atoms with Crippen molar-refractivity contribution >= 4 is 5.97 Å². The molecule has 0 bridgehead atoms. The molecule has 4 nitrogen and oxygen atoms in total. The summed E-state index contributed by atoms with van der Waals surface area (Å²) in [7, 11) is 1.49. The van der Waals surface area contributed by atoms with E-state index < -0.39 is 0 Å². The number of aryl methyl sites for hydroxylation is 2. The van der Waals surface area contributed by atoms with Gasteiger partial charge < -0.3 is 4.74 Å². The Labute approximate surface area is 152 Å². The molecule has 0 radical (unpaired) electrons. The molecule has 2 heterocycles. The van der Waals surface area contributed by atoms with Crippen LogP contribution in [0.15, 0.2) is 12.1 Å². The Balaban J connectivity index is 1.48. The molecule has 1 aromatic heterocycles. The van der Waals surface area contributed by atoms with Crippen molar-refractivity contribution in [2.24, 2.45) is 11.3 Å². The van der Waals surface area contributed by atoms with Gasteiger partial charge in [0.05, 0.1) is 12.8 Å². The number of esters is 1. The summed E-state index contributed by atoms with van der Waals surface area (Å²) in [4.78, 5) is 18.7. The summed E-state index contributed by atoms with van der Waals surface area (Å²) in [6, 6.07) is 4.36. The van der Waals surface area contributed by atoms with Crippen LogP contribution in [0, 0.1) is 25.2 Å². The highest BCUT2D eigenvalue weighted by molar-refractivity contribution is 5.69. The van der Waals surface area contributed by atoms with Gasteiger partial charge in [0, 0.05) is 18.7 Å². The van der Waals surface area contributed by atoms with Gasteiger partial charge in [-0.2, -0.15) is 0 Å². The first-order valence-corrected chi connectivity index (χ1v) is 9.71. The lowest BCUT2D eigenvalue weighted by Gasteiger charge is -2.46. The highest BCUT2D eigenvalue weighted by Gasteiger charge is 2.38.